The molecule has 0 nitrogen and oxygen atoms in total. The molecule has 4 atom stereocenters. The molecule has 0 aromatic carbocycles. The van der Waals surface area contributed by atoms with Gasteiger partial charge in [-0.25, -0.2) is 0 Å². The Hall–Kier alpha value is 0. The van der Waals surface area contributed by atoms with E-state index < -0.39 is 0 Å². The predicted octanol–water partition coefficient (Wildman–Crippen LogP) is 2.93. The zero-order chi connectivity index (χ0) is 7.73. The van der Waals surface area contributed by atoms with Crippen LogP contribution in [0.4, 0.5) is 0 Å². The lowest BCUT2D eigenvalue weighted by molar-refractivity contribution is 0.198. The smallest absolute Gasteiger partial charge is 0.0201 e. The van der Waals surface area contributed by atoms with Crippen molar-refractivity contribution < 1.29 is 0 Å². The van der Waals surface area contributed by atoms with E-state index in [4.69, 9.17) is 0 Å². The third kappa shape index (κ3) is 0.360. The SMILES string of the molecule is CC(C)C1(C)C2C(C)C21C. The van der Waals surface area contributed by atoms with E-state index in [-0.39, 0.29) is 0 Å². The van der Waals surface area contributed by atoms with Crippen molar-refractivity contribution in [3.63, 3.8) is 0 Å². The molecular weight excluding hydrogens is 120 g/mol. The van der Waals surface area contributed by atoms with Crippen LogP contribution in [0.5, 0.6) is 0 Å². The lowest BCUT2D eigenvalue weighted by Gasteiger charge is -2.28. The first-order chi connectivity index (χ1) is 4.47. The Kier molecular flexibility index (Phi) is 0.874. The monoisotopic (exact) mass is 138 g/mol. The van der Waals surface area contributed by atoms with E-state index in [1.165, 1.54) is 0 Å². The first-order valence-electron chi connectivity index (χ1n) is 4.47. The summed E-state index contributed by atoms with van der Waals surface area (Å²) in [5.74, 6) is 2.98. The van der Waals surface area contributed by atoms with Crippen molar-refractivity contribution in [2.24, 2.45) is 28.6 Å². The molecule has 2 saturated carbocycles. The normalized spacial score (nSPS) is 64.2. The van der Waals surface area contributed by atoms with Crippen molar-refractivity contribution in [2.75, 3.05) is 0 Å². The van der Waals surface area contributed by atoms with E-state index in [2.05, 4.69) is 34.6 Å². The summed E-state index contributed by atoms with van der Waals surface area (Å²) in [7, 11) is 0. The molecule has 0 heteroatoms. The topological polar surface area (TPSA) is 0 Å². The summed E-state index contributed by atoms with van der Waals surface area (Å²) >= 11 is 0. The Bertz CT molecular complexity index is 182. The Morgan fingerprint density at radius 2 is 1.60 bits per heavy atom. The fraction of sp³-hybridized carbons (Fsp3) is 1.00. The second kappa shape index (κ2) is 1.31. The first kappa shape index (κ1) is 6.69. The van der Waals surface area contributed by atoms with Gasteiger partial charge in [-0.2, -0.15) is 0 Å². The van der Waals surface area contributed by atoms with E-state index >= 15 is 0 Å². The maximum absolute atomic E-state index is 2.46. The summed E-state index contributed by atoms with van der Waals surface area (Å²) in [4.78, 5) is 0. The Morgan fingerprint density at radius 3 is 1.70 bits per heavy atom. The number of rotatable bonds is 1. The second-order valence-electron chi connectivity index (χ2n) is 4.99. The number of hydrogen-bond donors (Lipinski definition) is 0. The molecule has 2 aliphatic rings. The van der Waals surface area contributed by atoms with Gasteiger partial charge in [0.25, 0.3) is 0 Å². The quantitative estimate of drug-likeness (QED) is 0.522. The zero-order valence-electron chi connectivity index (χ0n) is 7.73. The van der Waals surface area contributed by atoms with Gasteiger partial charge < -0.3 is 0 Å². The average molecular weight is 138 g/mol. The predicted molar refractivity (Wildman–Crippen MR) is 43.7 cm³/mol. The molecule has 2 fully saturated rings. The number of hydrogen-bond acceptors (Lipinski definition) is 0. The highest BCUT2D eigenvalue weighted by Gasteiger charge is 2.88. The molecule has 0 aliphatic heterocycles. The van der Waals surface area contributed by atoms with Crippen LogP contribution in [0.25, 0.3) is 0 Å². The third-order valence-corrected chi connectivity index (χ3v) is 4.91. The van der Waals surface area contributed by atoms with Crippen molar-refractivity contribution in [3.05, 3.63) is 0 Å². The van der Waals surface area contributed by atoms with E-state index in [1.807, 2.05) is 0 Å². The van der Waals surface area contributed by atoms with Crippen molar-refractivity contribution in [1.82, 2.24) is 0 Å². The van der Waals surface area contributed by atoms with Crippen LogP contribution in [0.1, 0.15) is 34.6 Å². The summed E-state index contributed by atoms with van der Waals surface area (Å²) in [5.41, 5.74) is 1.47. The molecule has 0 heterocycles. The molecule has 0 saturated heterocycles. The molecule has 0 N–H and O–H groups in total. The molecule has 4 unspecified atom stereocenters. The van der Waals surface area contributed by atoms with Gasteiger partial charge in [-0.1, -0.05) is 34.6 Å². The molecule has 0 amide bonds. The van der Waals surface area contributed by atoms with Crippen LogP contribution in [0.15, 0.2) is 0 Å². The van der Waals surface area contributed by atoms with Gasteiger partial charge in [0, 0.05) is 0 Å². The van der Waals surface area contributed by atoms with Crippen LogP contribution in [-0.4, -0.2) is 0 Å². The van der Waals surface area contributed by atoms with E-state index in [0.29, 0.717) is 5.41 Å². The molecule has 10 heavy (non-hydrogen) atoms. The second-order valence-corrected chi connectivity index (χ2v) is 4.99. The van der Waals surface area contributed by atoms with Gasteiger partial charge in [-0.05, 0) is 28.6 Å². The summed E-state index contributed by atoms with van der Waals surface area (Å²) in [6.45, 7) is 12.0. The van der Waals surface area contributed by atoms with Gasteiger partial charge in [0.15, 0.2) is 0 Å². The highest BCUT2D eigenvalue weighted by atomic mass is 14.9. The van der Waals surface area contributed by atoms with Crippen molar-refractivity contribution in [1.29, 1.82) is 0 Å². The molecule has 2 aliphatic carbocycles. The van der Waals surface area contributed by atoms with E-state index in [1.54, 1.807) is 0 Å². The summed E-state index contributed by atoms with van der Waals surface area (Å²) in [6.07, 6.45) is 0. The van der Waals surface area contributed by atoms with Crippen molar-refractivity contribution >= 4 is 0 Å². The molecular formula is C10H18. The maximum Gasteiger partial charge on any atom is -0.0201 e. The van der Waals surface area contributed by atoms with Crippen LogP contribution in [0.3, 0.4) is 0 Å². The van der Waals surface area contributed by atoms with Crippen molar-refractivity contribution in [2.45, 2.75) is 34.6 Å². The van der Waals surface area contributed by atoms with Gasteiger partial charge in [0.1, 0.15) is 0 Å². The molecule has 58 valence electrons. The van der Waals surface area contributed by atoms with Gasteiger partial charge >= 0.3 is 0 Å². The minimum Gasteiger partial charge on any atom is -0.0622 e. The van der Waals surface area contributed by atoms with Crippen LogP contribution >= 0.6 is 0 Å². The molecule has 0 aromatic rings. The van der Waals surface area contributed by atoms with E-state index in [9.17, 15) is 0 Å². The van der Waals surface area contributed by atoms with Gasteiger partial charge in [-0.3, -0.25) is 0 Å². The zero-order valence-corrected chi connectivity index (χ0v) is 7.73. The molecule has 0 radical (unpaired) electrons. The van der Waals surface area contributed by atoms with Crippen LogP contribution < -0.4 is 0 Å². The molecule has 0 spiro atoms. The van der Waals surface area contributed by atoms with E-state index in [0.717, 1.165) is 23.2 Å². The molecule has 0 aromatic heterocycles. The minimum atomic E-state index is 0.715. The summed E-state index contributed by atoms with van der Waals surface area (Å²) in [6, 6.07) is 0. The standard InChI is InChI=1S/C10H18/c1-6(2)9(4)8-7(3)10(8,9)5/h6-8H,1-5H3. The van der Waals surface area contributed by atoms with Crippen LogP contribution in [-0.2, 0) is 0 Å². The summed E-state index contributed by atoms with van der Waals surface area (Å²) < 4.78 is 0. The first-order valence-corrected chi connectivity index (χ1v) is 4.47. The highest BCUT2D eigenvalue weighted by molar-refractivity contribution is 5.35. The van der Waals surface area contributed by atoms with Gasteiger partial charge in [-0.15, -0.1) is 0 Å². The van der Waals surface area contributed by atoms with Gasteiger partial charge in [0.2, 0.25) is 0 Å². The molecule has 2 rings (SSSR count). The number of fused-ring (bicyclic) bond motifs is 1. The Labute approximate surface area is 64.0 Å². The van der Waals surface area contributed by atoms with Crippen LogP contribution in [0, 0.1) is 28.6 Å². The highest BCUT2D eigenvalue weighted by Crippen LogP contribution is 2.92. The summed E-state index contributed by atoms with van der Waals surface area (Å²) in [5, 5.41) is 0. The molecule has 0 bridgehead atoms. The average Bonchev–Trinajstić information content (AvgIpc) is 2.55. The maximum atomic E-state index is 2.46. The fourth-order valence-electron chi connectivity index (χ4n) is 3.52. The minimum absolute atomic E-state index is 0.715. The van der Waals surface area contributed by atoms with Crippen molar-refractivity contribution in [3.8, 4) is 0 Å². The lowest BCUT2D eigenvalue weighted by Crippen LogP contribution is -2.22. The largest absolute Gasteiger partial charge is 0.0622 e. The lowest BCUT2D eigenvalue weighted by atomic mass is 9.76. The Morgan fingerprint density at radius 1 is 1.20 bits per heavy atom. The third-order valence-electron chi connectivity index (χ3n) is 4.91. The van der Waals surface area contributed by atoms with Crippen LogP contribution in [0.2, 0.25) is 0 Å². The fourth-order valence-corrected chi connectivity index (χ4v) is 3.52. The van der Waals surface area contributed by atoms with Gasteiger partial charge in [0.05, 0.1) is 0 Å². The Balaban J connectivity index is 2.16.